The van der Waals surface area contributed by atoms with Gasteiger partial charge in [-0.1, -0.05) is 0 Å². The first-order valence-corrected chi connectivity index (χ1v) is 7.97. The Morgan fingerprint density at radius 1 is 1.50 bits per heavy atom. The van der Waals surface area contributed by atoms with Crippen LogP contribution in [0.15, 0.2) is 11.0 Å². The van der Waals surface area contributed by atoms with Crippen LogP contribution in [0.5, 0.6) is 0 Å². The number of hydrogen-bond acceptors (Lipinski definition) is 5. The van der Waals surface area contributed by atoms with E-state index in [1.807, 2.05) is 20.9 Å². The standard InChI is InChI=1S/C11H20N2O3S2/c1-8(16-4)6-13-18(14,15)11-5-10(7-12-3)17-9(11)2/h5,8,12-13H,6-7H2,1-4H3. The predicted octanol–water partition coefficient (Wildman–Crippen LogP) is 1.09. The van der Waals surface area contributed by atoms with Gasteiger partial charge in [0.1, 0.15) is 0 Å². The van der Waals surface area contributed by atoms with Gasteiger partial charge < -0.3 is 10.1 Å². The molecule has 0 aliphatic carbocycles. The van der Waals surface area contributed by atoms with E-state index in [1.165, 1.54) is 11.3 Å². The van der Waals surface area contributed by atoms with Gasteiger partial charge in [0.05, 0.1) is 11.0 Å². The summed E-state index contributed by atoms with van der Waals surface area (Å²) in [6.45, 7) is 4.58. The molecule has 0 aliphatic heterocycles. The van der Waals surface area contributed by atoms with Gasteiger partial charge in [-0.3, -0.25) is 0 Å². The summed E-state index contributed by atoms with van der Waals surface area (Å²) in [5.41, 5.74) is 0. The van der Waals surface area contributed by atoms with Gasteiger partial charge in [-0.2, -0.15) is 0 Å². The van der Waals surface area contributed by atoms with E-state index in [0.717, 1.165) is 9.75 Å². The van der Waals surface area contributed by atoms with Crippen molar-refractivity contribution >= 4 is 21.4 Å². The van der Waals surface area contributed by atoms with Gasteiger partial charge in [-0.05, 0) is 27.0 Å². The van der Waals surface area contributed by atoms with Crippen molar-refractivity contribution in [2.45, 2.75) is 31.4 Å². The fourth-order valence-corrected chi connectivity index (χ4v) is 4.20. The molecule has 104 valence electrons. The Balaban J connectivity index is 2.84. The van der Waals surface area contributed by atoms with Crippen LogP contribution in [0.4, 0.5) is 0 Å². The highest BCUT2D eigenvalue weighted by molar-refractivity contribution is 7.89. The van der Waals surface area contributed by atoms with Gasteiger partial charge >= 0.3 is 0 Å². The lowest BCUT2D eigenvalue weighted by Gasteiger charge is -2.10. The van der Waals surface area contributed by atoms with E-state index in [-0.39, 0.29) is 12.6 Å². The molecule has 0 saturated carbocycles. The van der Waals surface area contributed by atoms with Crippen molar-refractivity contribution in [1.82, 2.24) is 10.0 Å². The third-order valence-electron chi connectivity index (χ3n) is 2.53. The second-order valence-corrected chi connectivity index (χ2v) is 7.14. The van der Waals surface area contributed by atoms with E-state index in [0.29, 0.717) is 11.4 Å². The molecule has 18 heavy (non-hydrogen) atoms. The zero-order chi connectivity index (χ0) is 13.8. The molecule has 1 aromatic heterocycles. The highest BCUT2D eigenvalue weighted by atomic mass is 32.2. The Morgan fingerprint density at radius 2 is 2.17 bits per heavy atom. The zero-order valence-electron chi connectivity index (χ0n) is 11.1. The molecule has 0 radical (unpaired) electrons. The van der Waals surface area contributed by atoms with Gasteiger partial charge in [0.25, 0.3) is 0 Å². The number of methoxy groups -OCH3 is 1. The number of hydrogen-bond donors (Lipinski definition) is 2. The summed E-state index contributed by atoms with van der Waals surface area (Å²) in [4.78, 5) is 2.18. The molecular weight excluding hydrogens is 272 g/mol. The molecule has 0 aromatic carbocycles. The maximum atomic E-state index is 12.1. The molecule has 2 N–H and O–H groups in total. The smallest absolute Gasteiger partial charge is 0.241 e. The highest BCUT2D eigenvalue weighted by Crippen LogP contribution is 2.25. The third-order valence-corrected chi connectivity index (χ3v) is 5.26. The van der Waals surface area contributed by atoms with Crippen LogP contribution in [0, 0.1) is 6.92 Å². The zero-order valence-corrected chi connectivity index (χ0v) is 12.7. The average Bonchev–Trinajstić information content (AvgIpc) is 2.68. The lowest BCUT2D eigenvalue weighted by Crippen LogP contribution is -2.31. The van der Waals surface area contributed by atoms with E-state index in [2.05, 4.69) is 10.0 Å². The van der Waals surface area contributed by atoms with Crippen LogP contribution in [-0.2, 0) is 21.3 Å². The summed E-state index contributed by atoms with van der Waals surface area (Å²) in [6, 6.07) is 1.72. The van der Waals surface area contributed by atoms with Crippen LogP contribution >= 0.6 is 11.3 Å². The summed E-state index contributed by atoms with van der Waals surface area (Å²) < 4.78 is 31.8. The first kappa shape index (κ1) is 15.6. The van der Waals surface area contributed by atoms with Crippen LogP contribution < -0.4 is 10.0 Å². The minimum absolute atomic E-state index is 0.143. The largest absolute Gasteiger partial charge is 0.380 e. The summed E-state index contributed by atoms with van der Waals surface area (Å²) >= 11 is 1.49. The highest BCUT2D eigenvalue weighted by Gasteiger charge is 2.20. The summed E-state index contributed by atoms with van der Waals surface area (Å²) in [5.74, 6) is 0. The van der Waals surface area contributed by atoms with Gasteiger partial charge in [0, 0.05) is 30.0 Å². The minimum atomic E-state index is -3.44. The maximum absolute atomic E-state index is 12.1. The first-order chi connectivity index (χ1) is 8.40. The lowest BCUT2D eigenvalue weighted by molar-refractivity contribution is 0.122. The first-order valence-electron chi connectivity index (χ1n) is 5.67. The van der Waals surface area contributed by atoms with Crippen molar-refractivity contribution in [1.29, 1.82) is 0 Å². The van der Waals surface area contributed by atoms with Crippen molar-refractivity contribution in [2.75, 3.05) is 20.7 Å². The molecule has 0 spiro atoms. The molecule has 5 nitrogen and oxygen atoms in total. The molecule has 1 rings (SSSR count). The molecule has 0 bridgehead atoms. The van der Waals surface area contributed by atoms with Crippen LogP contribution in [0.2, 0.25) is 0 Å². The van der Waals surface area contributed by atoms with Crippen molar-refractivity contribution in [3.8, 4) is 0 Å². The van der Waals surface area contributed by atoms with Crippen LogP contribution in [0.1, 0.15) is 16.7 Å². The van der Waals surface area contributed by atoms with E-state index in [4.69, 9.17) is 4.74 Å². The SMILES string of the molecule is CNCc1cc(S(=O)(=O)NCC(C)OC)c(C)s1. The summed E-state index contributed by atoms with van der Waals surface area (Å²) in [5, 5.41) is 3.01. The molecule has 7 heteroatoms. The monoisotopic (exact) mass is 292 g/mol. The van der Waals surface area contributed by atoms with Gasteiger partial charge in [-0.25, -0.2) is 13.1 Å². The number of thiophene rings is 1. The fourth-order valence-electron chi connectivity index (χ4n) is 1.44. The van der Waals surface area contributed by atoms with E-state index >= 15 is 0 Å². The average molecular weight is 292 g/mol. The second-order valence-electron chi connectivity index (χ2n) is 4.06. The summed E-state index contributed by atoms with van der Waals surface area (Å²) in [6.07, 6.45) is -0.143. The van der Waals surface area contributed by atoms with Crippen molar-refractivity contribution < 1.29 is 13.2 Å². The lowest BCUT2D eigenvalue weighted by atomic mass is 10.4. The van der Waals surface area contributed by atoms with Gasteiger partial charge in [0.2, 0.25) is 10.0 Å². The number of sulfonamides is 1. The van der Waals surface area contributed by atoms with Crippen LogP contribution in [0.3, 0.4) is 0 Å². The normalized spacial score (nSPS) is 13.8. The third kappa shape index (κ3) is 4.03. The van der Waals surface area contributed by atoms with Gasteiger partial charge in [0.15, 0.2) is 0 Å². The van der Waals surface area contributed by atoms with Gasteiger partial charge in [-0.15, -0.1) is 11.3 Å². The Kier molecular flexibility index (Phi) is 5.74. The number of aryl methyl sites for hydroxylation is 1. The van der Waals surface area contributed by atoms with Crippen molar-refractivity contribution in [3.05, 3.63) is 15.8 Å². The molecule has 0 amide bonds. The van der Waals surface area contributed by atoms with E-state index in [9.17, 15) is 8.42 Å². The topological polar surface area (TPSA) is 67.4 Å². The molecule has 0 fully saturated rings. The Hall–Kier alpha value is -0.470. The quantitative estimate of drug-likeness (QED) is 0.789. The van der Waals surface area contributed by atoms with Crippen LogP contribution in [-0.4, -0.2) is 35.2 Å². The van der Waals surface area contributed by atoms with E-state index in [1.54, 1.807) is 13.2 Å². The van der Waals surface area contributed by atoms with E-state index < -0.39 is 10.0 Å². The van der Waals surface area contributed by atoms with Crippen LogP contribution in [0.25, 0.3) is 0 Å². The number of nitrogens with one attached hydrogen (secondary N) is 2. The Morgan fingerprint density at radius 3 is 2.72 bits per heavy atom. The Labute approximate surface area is 113 Å². The Bertz CT molecular complexity index is 482. The van der Waals surface area contributed by atoms with Crippen molar-refractivity contribution in [2.24, 2.45) is 0 Å². The molecule has 1 unspecified atom stereocenters. The molecule has 1 aromatic rings. The fraction of sp³-hybridized carbons (Fsp3) is 0.636. The summed E-state index contributed by atoms with van der Waals surface area (Å²) in [7, 11) is -0.0505. The second kappa shape index (κ2) is 6.63. The molecule has 1 heterocycles. The number of rotatable bonds is 7. The molecule has 0 aliphatic rings. The number of ether oxygens (including phenoxy) is 1. The predicted molar refractivity (Wildman–Crippen MR) is 73.5 cm³/mol. The molecule has 1 atom stereocenters. The maximum Gasteiger partial charge on any atom is 0.241 e. The molecule has 0 saturated heterocycles. The molecular formula is C11H20N2O3S2. The minimum Gasteiger partial charge on any atom is -0.380 e. The van der Waals surface area contributed by atoms with Crippen molar-refractivity contribution in [3.63, 3.8) is 0 Å².